The van der Waals surface area contributed by atoms with Crippen LogP contribution in [0, 0.1) is 19.7 Å². The minimum absolute atomic E-state index is 0.332. The second-order valence-corrected chi connectivity index (χ2v) is 6.60. The minimum Gasteiger partial charge on any atom is -0.304 e. The average molecular weight is 340 g/mol. The van der Waals surface area contributed by atoms with Gasteiger partial charge in [0.2, 0.25) is 0 Å². The molecule has 1 aromatic carbocycles. The second kappa shape index (κ2) is 5.38. The van der Waals surface area contributed by atoms with E-state index in [-0.39, 0.29) is 11.7 Å². The molecule has 0 fully saturated rings. The van der Waals surface area contributed by atoms with Crippen LogP contribution in [-0.4, -0.2) is 21.1 Å². The molecule has 0 aliphatic rings. The number of carbonyl (C=O) groups excluding carboxylic acids is 1. The summed E-state index contributed by atoms with van der Waals surface area (Å²) in [7, 11) is 0. The molecule has 0 radical (unpaired) electrons. The van der Waals surface area contributed by atoms with Crippen molar-refractivity contribution in [3.63, 3.8) is 0 Å². The number of fused-ring (bicyclic) bond motifs is 3. The van der Waals surface area contributed by atoms with Crippen LogP contribution < -0.4 is 5.32 Å². The predicted molar refractivity (Wildman–Crippen MR) is 93.1 cm³/mol. The first-order valence-corrected chi connectivity index (χ1v) is 8.16. The summed E-state index contributed by atoms with van der Waals surface area (Å²) in [6.45, 7) is 3.98. The Balaban J connectivity index is 1.76. The van der Waals surface area contributed by atoms with E-state index < -0.39 is 0 Å². The van der Waals surface area contributed by atoms with Gasteiger partial charge in [-0.1, -0.05) is 0 Å². The van der Waals surface area contributed by atoms with Crippen molar-refractivity contribution in [1.29, 1.82) is 0 Å². The summed E-state index contributed by atoms with van der Waals surface area (Å²) < 4.78 is 13.8. The van der Waals surface area contributed by atoms with Crippen LogP contribution in [0.25, 0.3) is 20.4 Å². The quantitative estimate of drug-likeness (QED) is 0.575. The molecule has 0 saturated heterocycles. The molecule has 24 heavy (non-hydrogen) atoms. The van der Waals surface area contributed by atoms with Crippen LogP contribution in [-0.2, 0) is 0 Å². The fourth-order valence-corrected chi connectivity index (χ4v) is 3.93. The molecular weight excluding hydrogens is 327 g/mol. The van der Waals surface area contributed by atoms with Gasteiger partial charge < -0.3 is 5.32 Å². The third-order valence-electron chi connectivity index (χ3n) is 3.82. The highest BCUT2D eigenvalue weighted by molar-refractivity contribution is 7.26. The molecule has 7 heteroatoms. The number of halogens is 1. The van der Waals surface area contributed by atoms with Crippen molar-refractivity contribution in [2.75, 3.05) is 5.32 Å². The molecule has 0 unspecified atom stereocenters. The third kappa shape index (κ3) is 2.33. The van der Waals surface area contributed by atoms with Crippen LogP contribution in [0.1, 0.15) is 21.6 Å². The van der Waals surface area contributed by atoms with Gasteiger partial charge in [0.05, 0.1) is 10.2 Å². The number of amides is 1. The molecule has 0 aliphatic heterocycles. The van der Waals surface area contributed by atoms with Crippen LogP contribution >= 0.6 is 11.3 Å². The largest absolute Gasteiger partial charge is 0.304 e. The molecule has 1 amide bonds. The SMILES string of the molecule is Cc1cc(C)c2c(n1)sc1c(NC(=O)c3ccc(F)cc3)n[nH]c12. The summed E-state index contributed by atoms with van der Waals surface area (Å²) in [5, 5.41) is 11.0. The standard InChI is InChI=1S/C17H13FN4OS/c1-8-7-9(2)19-17-12(8)13-14(24-17)15(22-21-13)20-16(23)10-3-5-11(18)6-4-10/h3-7H,1-2H3,(H2,20,21,22,23). The molecule has 3 aromatic heterocycles. The molecule has 2 N–H and O–H groups in total. The molecule has 4 aromatic rings. The van der Waals surface area contributed by atoms with Gasteiger partial charge in [0.25, 0.3) is 5.91 Å². The lowest BCUT2D eigenvalue weighted by Crippen LogP contribution is -2.12. The first-order valence-electron chi connectivity index (χ1n) is 7.34. The number of rotatable bonds is 2. The van der Waals surface area contributed by atoms with Crippen LogP contribution in [0.3, 0.4) is 0 Å². The van der Waals surface area contributed by atoms with E-state index in [0.717, 1.165) is 31.7 Å². The smallest absolute Gasteiger partial charge is 0.256 e. The molecule has 120 valence electrons. The van der Waals surface area contributed by atoms with E-state index in [9.17, 15) is 9.18 Å². The summed E-state index contributed by atoms with van der Waals surface area (Å²) in [6.07, 6.45) is 0. The number of thiophene rings is 1. The van der Waals surface area contributed by atoms with Gasteiger partial charge in [-0.3, -0.25) is 9.89 Å². The number of hydrogen-bond acceptors (Lipinski definition) is 4. The van der Waals surface area contributed by atoms with Crippen LogP contribution in [0.15, 0.2) is 30.3 Å². The molecule has 0 atom stereocenters. The maximum Gasteiger partial charge on any atom is 0.256 e. The Morgan fingerprint density at radius 1 is 1.25 bits per heavy atom. The normalized spacial score (nSPS) is 11.3. The number of pyridine rings is 1. The van der Waals surface area contributed by atoms with Gasteiger partial charge in [0, 0.05) is 16.6 Å². The zero-order chi connectivity index (χ0) is 16.8. The van der Waals surface area contributed by atoms with Gasteiger partial charge in [0.1, 0.15) is 10.6 Å². The van der Waals surface area contributed by atoms with E-state index in [1.807, 2.05) is 19.9 Å². The fraction of sp³-hybridized carbons (Fsp3) is 0.118. The summed E-state index contributed by atoms with van der Waals surface area (Å²) in [5.41, 5.74) is 3.31. The first-order chi connectivity index (χ1) is 11.5. The van der Waals surface area contributed by atoms with Crippen LogP contribution in [0.4, 0.5) is 10.2 Å². The molecular formula is C17H13FN4OS. The highest BCUT2D eigenvalue weighted by Crippen LogP contribution is 2.37. The van der Waals surface area contributed by atoms with Crippen molar-refractivity contribution >= 4 is 43.5 Å². The number of nitrogens with zero attached hydrogens (tertiary/aromatic N) is 2. The van der Waals surface area contributed by atoms with Gasteiger partial charge in [0.15, 0.2) is 5.82 Å². The monoisotopic (exact) mass is 340 g/mol. The number of anilines is 1. The topological polar surface area (TPSA) is 70.7 Å². The lowest BCUT2D eigenvalue weighted by Gasteiger charge is -2.01. The number of carbonyl (C=O) groups is 1. The number of aromatic amines is 1. The van der Waals surface area contributed by atoms with Gasteiger partial charge in [-0.25, -0.2) is 9.37 Å². The average Bonchev–Trinajstić information content (AvgIpc) is 3.07. The number of H-pyrrole nitrogens is 1. The van der Waals surface area contributed by atoms with Gasteiger partial charge in [-0.05, 0) is 49.7 Å². The Hall–Kier alpha value is -2.80. The highest BCUT2D eigenvalue weighted by atomic mass is 32.1. The van der Waals surface area contributed by atoms with Gasteiger partial charge >= 0.3 is 0 Å². The Labute approximate surface area is 140 Å². The lowest BCUT2D eigenvalue weighted by atomic mass is 10.1. The first kappa shape index (κ1) is 14.8. The van der Waals surface area contributed by atoms with Crippen LogP contribution in [0.2, 0.25) is 0 Å². The lowest BCUT2D eigenvalue weighted by molar-refractivity contribution is 0.102. The van der Waals surface area contributed by atoms with E-state index in [1.54, 1.807) is 0 Å². The highest BCUT2D eigenvalue weighted by Gasteiger charge is 2.17. The van der Waals surface area contributed by atoms with Crippen LogP contribution in [0.5, 0.6) is 0 Å². The molecule has 3 heterocycles. The van der Waals surface area contributed by atoms with E-state index in [1.165, 1.54) is 35.6 Å². The minimum atomic E-state index is -0.380. The fourth-order valence-electron chi connectivity index (χ4n) is 2.74. The number of aryl methyl sites for hydroxylation is 2. The van der Waals surface area contributed by atoms with Crippen molar-refractivity contribution in [1.82, 2.24) is 15.2 Å². The van der Waals surface area contributed by atoms with Crippen molar-refractivity contribution in [2.45, 2.75) is 13.8 Å². The maximum absolute atomic E-state index is 13.0. The van der Waals surface area contributed by atoms with Gasteiger partial charge in [-0.2, -0.15) is 5.10 Å². The Morgan fingerprint density at radius 3 is 2.75 bits per heavy atom. The van der Waals surface area contributed by atoms with Crippen molar-refractivity contribution < 1.29 is 9.18 Å². The van der Waals surface area contributed by atoms with Gasteiger partial charge in [-0.15, -0.1) is 11.3 Å². The predicted octanol–water partition coefficient (Wildman–Crippen LogP) is 4.18. The third-order valence-corrected chi connectivity index (χ3v) is 4.91. The summed E-state index contributed by atoms with van der Waals surface area (Å²) in [5.74, 6) is -0.253. The zero-order valence-corrected chi connectivity index (χ0v) is 13.8. The molecule has 4 rings (SSSR count). The number of benzene rings is 1. The van der Waals surface area contributed by atoms with E-state index in [2.05, 4.69) is 20.5 Å². The maximum atomic E-state index is 13.0. The second-order valence-electron chi connectivity index (χ2n) is 5.60. The Kier molecular flexibility index (Phi) is 3.31. The number of aromatic nitrogens is 3. The van der Waals surface area contributed by atoms with Crippen molar-refractivity contribution in [3.05, 3.63) is 53.0 Å². The molecule has 0 spiro atoms. The van der Waals surface area contributed by atoms with Crippen molar-refractivity contribution in [2.24, 2.45) is 0 Å². The van der Waals surface area contributed by atoms with Crippen molar-refractivity contribution in [3.8, 4) is 0 Å². The molecule has 0 aliphatic carbocycles. The zero-order valence-electron chi connectivity index (χ0n) is 13.0. The summed E-state index contributed by atoms with van der Waals surface area (Å²) >= 11 is 1.48. The molecule has 0 bridgehead atoms. The Morgan fingerprint density at radius 2 is 2.00 bits per heavy atom. The van der Waals surface area contributed by atoms with E-state index in [4.69, 9.17) is 0 Å². The van der Waals surface area contributed by atoms with E-state index >= 15 is 0 Å². The van der Waals surface area contributed by atoms with E-state index in [0.29, 0.717) is 11.4 Å². The summed E-state index contributed by atoms with van der Waals surface area (Å²) in [4.78, 5) is 17.8. The molecule has 5 nitrogen and oxygen atoms in total. The number of hydrogen-bond donors (Lipinski definition) is 2. The summed E-state index contributed by atoms with van der Waals surface area (Å²) in [6, 6.07) is 7.41. The Bertz CT molecular complexity index is 1080. The number of nitrogens with one attached hydrogen (secondary N) is 2. The molecule has 0 saturated carbocycles.